The molecule has 0 aliphatic rings. The predicted molar refractivity (Wildman–Crippen MR) is 76.6 cm³/mol. The number of amides is 1. The summed E-state index contributed by atoms with van der Waals surface area (Å²) in [5.41, 5.74) is 7.18. The van der Waals surface area contributed by atoms with Crippen molar-refractivity contribution in [2.45, 2.75) is 40.0 Å². The summed E-state index contributed by atoms with van der Waals surface area (Å²) in [5, 5.41) is 2.90. The van der Waals surface area contributed by atoms with Crippen LogP contribution in [0.2, 0.25) is 0 Å². The second kappa shape index (κ2) is 6.01. The van der Waals surface area contributed by atoms with E-state index in [2.05, 4.69) is 31.3 Å². The highest BCUT2D eigenvalue weighted by Crippen LogP contribution is 2.22. The fourth-order valence-corrected chi connectivity index (χ4v) is 1.52. The number of rotatable bonds is 5. The Morgan fingerprint density at radius 1 is 1.33 bits per heavy atom. The van der Waals surface area contributed by atoms with Gasteiger partial charge in [-0.1, -0.05) is 26.0 Å². The molecule has 1 aromatic carbocycles. The summed E-state index contributed by atoms with van der Waals surface area (Å²) in [7, 11) is 0. The van der Waals surface area contributed by atoms with Crippen molar-refractivity contribution in [2.75, 3.05) is 11.9 Å². The molecule has 100 valence electrons. The number of hydrogen-bond acceptors (Lipinski definition) is 2. The second-order valence-electron chi connectivity index (χ2n) is 5.47. The summed E-state index contributed by atoms with van der Waals surface area (Å²) < 4.78 is 0. The Bertz CT molecular complexity index is 395. The molecule has 0 bridgehead atoms. The van der Waals surface area contributed by atoms with Gasteiger partial charge in [0.1, 0.15) is 0 Å². The Labute approximate surface area is 110 Å². The molecule has 1 aromatic rings. The number of nitrogens with one attached hydrogen (secondary N) is 1. The van der Waals surface area contributed by atoms with E-state index < -0.39 is 5.41 Å². The molecule has 1 rings (SSSR count). The zero-order valence-corrected chi connectivity index (χ0v) is 11.8. The van der Waals surface area contributed by atoms with Crippen LogP contribution in [0, 0.1) is 5.41 Å². The van der Waals surface area contributed by atoms with Crippen LogP contribution in [-0.2, 0) is 4.79 Å². The lowest BCUT2D eigenvalue weighted by atomic mass is 9.92. The van der Waals surface area contributed by atoms with E-state index in [1.165, 1.54) is 5.56 Å². The first-order chi connectivity index (χ1) is 8.40. The molecular weight excluding hydrogens is 224 g/mol. The van der Waals surface area contributed by atoms with E-state index in [0.29, 0.717) is 12.5 Å². The van der Waals surface area contributed by atoms with Gasteiger partial charge in [-0.2, -0.15) is 0 Å². The van der Waals surface area contributed by atoms with Gasteiger partial charge < -0.3 is 11.1 Å². The molecule has 0 radical (unpaired) electrons. The van der Waals surface area contributed by atoms with Crippen molar-refractivity contribution in [1.29, 1.82) is 0 Å². The number of carbonyl (C=O) groups excluding carboxylic acids is 1. The van der Waals surface area contributed by atoms with Crippen molar-refractivity contribution >= 4 is 11.6 Å². The summed E-state index contributed by atoms with van der Waals surface area (Å²) in [6.45, 7) is 8.39. The molecule has 0 spiro atoms. The Morgan fingerprint density at radius 2 is 1.89 bits per heavy atom. The van der Waals surface area contributed by atoms with Gasteiger partial charge in [-0.25, -0.2) is 0 Å². The minimum atomic E-state index is -0.532. The summed E-state index contributed by atoms with van der Waals surface area (Å²) in [5.74, 6) is 0.511. The maximum atomic E-state index is 11.9. The molecule has 0 aromatic heterocycles. The van der Waals surface area contributed by atoms with E-state index in [1.54, 1.807) is 0 Å². The maximum absolute atomic E-state index is 11.9. The molecule has 0 saturated heterocycles. The van der Waals surface area contributed by atoms with Crippen molar-refractivity contribution in [3.63, 3.8) is 0 Å². The maximum Gasteiger partial charge on any atom is 0.231 e. The Hall–Kier alpha value is -1.35. The van der Waals surface area contributed by atoms with Gasteiger partial charge in [0.05, 0.1) is 5.41 Å². The van der Waals surface area contributed by atoms with Gasteiger partial charge in [-0.05, 0) is 43.9 Å². The molecule has 0 fully saturated rings. The summed E-state index contributed by atoms with van der Waals surface area (Å²) in [6.07, 6.45) is 1.12. The third-order valence-electron chi connectivity index (χ3n) is 3.47. The first-order valence-corrected chi connectivity index (χ1v) is 6.52. The average Bonchev–Trinajstić information content (AvgIpc) is 2.38. The van der Waals surface area contributed by atoms with Crippen molar-refractivity contribution < 1.29 is 4.79 Å². The SMILES string of the molecule is CCC(C)c1ccc(NC(=O)C(C)(C)CN)cc1. The highest BCUT2D eigenvalue weighted by Gasteiger charge is 2.25. The molecule has 0 saturated carbocycles. The van der Waals surface area contributed by atoms with Crippen molar-refractivity contribution in [3.05, 3.63) is 29.8 Å². The molecule has 0 aliphatic heterocycles. The molecule has 1 unspecified atom stereocenters. The highest BCUT2D eigenvalue weighted by atomic mass is 16.2. The van der Waals surface area contributed by atoms with Crippen LogP contribution in [-0.4, -0.2) is 12.5 Å². The first kappa shape index (κ1) is 14.7. The van der Waals surface area contributed by atoms with Gasteiger partial charge in [0, 0.05) is 12.2 Å². The zero-order valence-electron chi connectivity index (χ0n) is 11.8. The topological polar surface area (TPSA) is 55.1 Å². The predicted octanol–water partition coefficient (Wildman–Crippen LogP) is 3.12. The molecule has 1 atom stereocenters. The Balaban J connectivity index is 2.73. The number of nitrogens with two attached hydrogens (primary N) is 1. The van der Waals surface area contributed by atoms with E-state index in [-0.39, 0.29) is 5.91 Å². The zero-order chi connectivity index (χ0) is 13.8. The minimum absolute atomic E-state index is 0.0405. The Kier molecular flexibility index (Phi) is 4.91. The van der Waals surface area contributed by atoms with Crippen LogP contribution in [0.4, 0.5) is 5.69 Å². The van der Waals surface area contributed by atoms with Gasteiger partial charge in [0.2, 0.25) is 5.91 Å². The quantitative estimate of drug-likeness (QED) is 0.841. The van der Waals surface area contributed by atoms with Crippen molar-refractivity contribution in [1.82, 2.24) is 0 Å². The summed E-state index contributed by atoms with van der Waals surface area (Å²) in [6, 6.07) is 8.04. The molecule has 1 amide bonds. The van der Waals surface area contributed by atoms with Crippen molar-refractivity contribution in [2.24, 2.45) is 11.1 Å². The molecule has 3 N–H and O–H groups in total. The number of hydrogen-bond donors (Lipinski definition) is 2. The molecule has 18 heavy (non-hydrogen) atoms. The normalized spacial score (nSPS) is 13.2. The third-order valence-corrected chi connectivity index (χ3v) is 3.47. The highest BCUT2D eigenvalue weighted by molar-refractivity contribution is 5.94. The van der Waals surface area contributed by atoms with Gasteiger partial charge in [-0.15, -0.1) is 0 Å². The van der Waals surface area contributed by atoms with Crippen LogP contribution >= 0.6 is 0 Å². The molecular formula is C15H24N2O. The summed E-state index contributed by atoms with van der Waals surface area (Å²) >= 11 is 0. The van der Waals surface area contributed by atoms with Crippen LogP contribution in [0.5, 0.6) is 0 Å². The third kappa shape index (κ3) is 3.57. The van der Waals surface area contributed by atoms with Gasteiger partial charge in [-0.3, -0.25) is 4.79 Å². The van der Waals surface area contributed by atoms with Crippen LogP contribution in [0.1, 0.15) is 45.6 Å². The van der Waals surface area contributed by atoms with Gasteiger partial charge in [0.25, 0.3) is 0 Å². The van der Waals surface area contributed by atoms with Crippen LogP contribution < -0.4 is 11.1 Å². The lowest BCUT2D eigenvalue weighted by Gasteiger charge is -2.21. The molecule has 0 aliphatic carbocycles. The van der Waals surface area contributed by atoms with E-state index in [0.717, 1.165) is 12.1 Å². The van der Waals surface area contributed by atoms with E-state index in [9.17, 15) is 4.79 Å². The minimum Gasteiger partial charge on any atom is -0.329 e. The fourth-order valence-electron chi connectivity index (χ4n) is 1.52. The van der Waals surface area contributed by atoms with E-state index in [1.807, 2.05) is 26.0 Å². The smallest absolute Gasteiger partial charge is 0.231 e. The monoisotopic (exact) mass is 248 g/mol. The van der Waals surface area contributed by atoms with Crippen LogP contribution in [0.15, 0.2) is 24.3 Å². The number of carbonyl (C=O) groups is 1. The summed E-state index contributed by atoms with van der Waals surface area (Å²) in [4.78, 5) is 11.9. The lowest BCUT2D eigenvalue weighted by Crippen LogP contribution is -2.37. The fraction of sp³-hybridized carbons (Fsp3) is 0.533. The Morgan fingerprint density at radius 3 is 2.33 bits per heavy atom. The van der Waals surface area contributed by atoms with Crippen LogP contribution in [0.25, 0.3) is 0 Å². The number of anilines is 1. The van der Waals surface area contributed by atoms with E-state index >= 15 is 0 Å². The van der Waals surface area contributed by atoms with Gasteiger partial charge >= 0.3 is 0 Å². The first-order valence-electron chi connectivity index (χ1n) is 6.52. The number of benzene rings is 1. The largest absolute Gasteiger partial charge is 0.329 e. The molecule has 3 nitrogen and oxygen atoms in total. The van der Waals surface area contributed by atoms with Gasteiger partial charge in [0.15, 0.2) is 0 Å². The standard InChI is InChI=1S/C15H24N2O/c1-5-11(2)12-6-8-13(9-7-12)17-14(18)15(3,4)10-16/h6-9,11H,5,10,16H2,1-4H3,(H,17,18). The van der Waals surface area contributed by atoms with Crippen LogP contribution in [0.3, 0.4) is 0 Å². The average molecular weight is 248 g/mol. The second-order valence-corrected chi connectivity index (χ2v) is 5.47. The molecule has 0 heterocycles. The van der Waals surface area contributed by atoms with E-state index in [4.69, 9.17) is 5.73 Å². The lowest BCUT2D eigenvalue weighted by molar-refractivity contribution is -0.123. The van der Waals surface area contributed by atoms with Crippen molar-refractivity contribution in [3.8, 4) is 0 Å². The molecule has 3 heteroatoms.